The highest BCUT2D eigenvalue weighted by Crippen LogP contribution is 2.08. The SMILES string of the molecule is CCOC(=O)C(C)NS(=O)(=O)c1cn(C)c(C)n1. The van der Waals surface area contributed by atoms with Crippen LogP contribution in [0.3, 0.4) is 0 Å². The van der Waals surface area contributed by atoms with Crippen molar-refractivity contribution in [1.82, 2.24) is 14.3 Å². The van der Waals surface area contributed by atoms with Crippen LogP contribution in [0, 0.1) is 6.92 Å². The summed E-state index contributed by atoms with van der Waals surface area (Å²) < 4.78 is 32.4. The Bertz CT molecular complexity index is 516. The van der Waals surface area contributed by atoms with Gasteiger partial charge in [0.05, 0.1) is 6.61 Å². The number of ether oxygens (including phenoxy) is 1. The lowest BCUT2D eigenvalue weighted by Gasteiger charge is -2.11. The highest BCUT2D eigenvalue weighted by molar-refractivity contribution is 7.89. The lowest BCUT2D eigenvalue weighted by Crippen LogP contribution is -2.39. The molecule has 0 bridgehead atoms. The van der Waals surface area contributed by atoms with E-state index >= 15 is 0 Å². The van der Waals surface area contributed by atoms with Crippen molar-refractivity contribution in [3.63, 3.8) is 0 Å². The monoisotopic (exact) mass is 275 g/mol. The number of hydrogen-bond acceptors (Lipinski definition) is 5. The van der Waals surface area contributed by atoms with Crippen LogP contribution < -0.4 is 4.72 Å². The van der Waals surface area contributed by atoms with E-state index in [2.05, 4.69) is 9.71 Å². The predicted octanol–water partition coefficient (Wildman–Crippen LogP) is -0.0416. The maximum Gasteiger partial charge on any atom is 0.323 e. The van der Waals surface area contributed by atoms with E-state index < -0.39 is 22.0 Å². The number of esters is 1. The number of imidazole rings is 1. The molecule has 1 aromatic rings. The van der Waals surface area contributed by atoms with Crippen molar-refractivity contribution in [1.29, 1.82) is 0 Å². The minimum atomic E-state index is -3.81. The predicted molar refractivity (Wildman–Crippen MR) is 64.4 cm³/mol. The second-order valence-corrected chi connectivity index (χ2v) is 5.49. The maximum atomic E-state index is 11.9. The molecule has 1 heterocycles. The number of rotatable bonds is 5. The fraction of sp³-hybridized carbons (Fsp3) is 0.600. The largest absolute Gasteiger partial charge is 0.465 e. The normalized spacial score (nSPS) is 13.3. The van der Waals surface area contributed by atoms with Crippen LogP contribution in [0.5, 0.6) is 0 Å². The zero-order valence-corrected chi connectivity index (χ0v) is 11.6. The summed E-state index contributed by atoms with van der Waals surface area (Å²) in [7, 11) is -2.12. The molecule has 1 N–H and O–H groups in total. The summed E-state index contributed by atoms with van der Waals surface area (Å²) in [5.41, 5.74) is 0. The molecule has 0 fully saturated rings. The van der Waals surface area contributed by atoms with E-state index in [1.165, 1.54) is 13.1 Å². The topological polar surface area (TPSA) is 90.3 Å². The van der Waals surface area contributed by atoms with Gasteiger partial charge in [-0.2, -0.15) is 4.72 Å². The van der Waals surface area contributed by atoms with Crippen LogP contribution in [0.1, 0.15) is 19.7 Å². The van der Waals surface area contributed by atoms with Gasteiger partial charge in [-0.15, -0.1) is 0 Å². The first-order chi connectivity index (χ1) is 8.27. The zero-order valence-electron chi connectivity index (χ0n) is 10.8. The van der Waals surface area contributed by atoms with Gasteiger partial charge in [-0.05, 0) is 20.8 Å². The Morgan fingerprint density at radius 1 is 1.61 bits per heavy atom. The Morgan fingerprint density at radius 3 is 2.67 bits per heavy atom. The van der Waals surface area contributed by atoms with Crippen molar-refractivity contribution in [2.45, 2.75) is 31.8 Å². The molecule has 1 unspecified atom stereocenters. The van der Waals surface area contributed by atoms with E-state index in [1.807, 2.05) is 0 Å². The first kappa shape index (κ1) is 14.7. The van der Waals surface area contributed by atoms with Gasteiger partial charge in [0.25, 0.3) is 10.0 Å². The van der Waals surface area contributed by atoms with E-state index in [0.717, 1.165) is 0 Å². The summed E-state index contributed by atoms with van der Waals surface area (Å²) in [4.78, 5) is 15.3. The van der Waals surface area contributed by atoms with Crippen LogP contribution >= 0.6 is 0 Å². The molecule has 1 atom stereocenters. The maximum absolute atomic E-state index is 11.9. The number of hydrogen-bond donors (Lipinski definition) is 1. The third kappa shape index (κ3) is 3.30. The fourth-order valence-corrected chi connectivity index (χ4v) is 2.50. The average Bonchev–Trinajstić information content (AvgIpc) is 2.60. The van der Waals surface area contributed by atoms with Crippen molar-refractivity contribution in [3.05, 3.63) is 12.0 Å². The third-order valence-electron chi connectivity index (χ3n) is 2.33. The van der Waals surface area contributed by atoms with Crippen LogP contribution in [-0.4, -0.2) is 36.6 Å². The number of aryl methyl sites for hydroxylation is 2. The van der Waals surface area contributed by atoms with Crippen molar-refractivity contribution >= 4 is 16.0 Å². The molecule has 0 aliphatic heterocycles. The summed E-state index contributed by atoms with van der Waals surface area (Å²) in [5, 5.41) is -0.112. The lowest BCUT2D eigenvalue weighted by molar-refractivity contribution is -0.144. The van der Waals surface area contributed by atoms with Gasteiger partial charge in [0.1, 0.15) is 11.9 Å². The van der Waals surface area contributed by atoms with Crippen LogP contribution in [-0.2, 0) is 26.6 Å². The second kappa shape index (κ2) is 5.49. The molecule has 102 valence electrons. The molecule has 0 saturated carbocycles. The van der Waals surface area contributed by atoms with Crippen molar-refractivity contribution in [2.24, 2.45) is 7.05 Å². The van der Waals surface area contributed by atoms with E-state index in [0.29, 0.717) is 5.82 Å². The van der Waals surface area contributed by atoms with Gasteiger partial charge in [-0.1, -0.05) is 0 Å². The standard InChI is InChI=1S/C10H17N3O4S/c1-5-17-10(14)7(2)12-18(15,16)9-6-13(4)8(3)11-9/h6-7,12H,5H2,1-4H3. The van der Waals surface area contributed by atoms with Crippen molar-refractivity contribution in [2.75, 3.05) is 6.61 Å². The van der Waals surface area contributed by atoms with Crippen LogP contribution in [0.25, 0.3) is 0 Å². The molecular weight excluding hydrogens is 258 g/mol. The number of nitrogens with one attached hydrogen (secondary N) is 1. The van der Waals surface area contributed by atoms with Gasteiger partial charge >= 0.3 is 5.97 Å². The first-order valence-corrected chi connectivity index (χ1v) is 6.95. The molecule has 0 saturated heterocycles. The Labute approximate surface area is 106 Å². The molecule has 7 nitrogen and oxygen atoms in total. The molecule has 1 rings (SSSR count). The average molecular weight is 275 g/mol. The molecule has 0 amide bonds. The molecule has 1 aromatic heterocycles. The smallest absolute Gasteiger partial charge is 0.323 e. The number of aromatic nitrogens is 2. The molecular formula is C10H17N3O4S. The summed E-state index contributed by atoms with van der Waals surface area (Å²) in [6.07, 6.45) is 1.38. The Balaban J connectivity index is 2.85. The summed E-state index contributed by atoms with van der Waals surface area (Å²) in [6.45, 7) is 4.97. The highest BCUT2D eigenvalue weighted by Gasteiger charge is 2.25. The molecule has 0 radical (unpaired) electrons. The second-order valence-electron chi connectivity index (χ2n) is 3.83. The molecule has 8 heteroatoms. The van der Waals surface area contributed by atoms with Crippen LogP contribution in [0.4, 0.5) is 0 Å². The fourth-order valence-electron chi connectivity index (χ4n) is 1.26. The summed E-state index contributed by atoms with van der Waals surface area (Å²) in [5.74, 6) is -0.0482. The Morgan fingerprint density at radius 2 is 2.22 bits per heavy atom. The quantitative estimate of drug-likeness (QED) is 0.761. The molecule has 0 aliphatic carbocycles. The number of carbonyl (C=O) groups excluding carboxylic acids is 1. The van der Waals surface area contributed by atoms with Gasteiger partial charge in [-0.3, -0.25) is 4.79 Å². The zero-order chi connectivity index (χ0) is 13.9. The summed E-state index contributed by atoms with van der Waals surface area (Å²) in [6, 6.07) is -0.947. The molecule has 0 spiro atoms. The molecule has 18 heavy (non-hydrogen) atoms. The van der Waals surface area contributed by atoms with E-state index in [9.17, 15) is 13.2 Å². The van der Waals surface area contributed by atoms with Crippen molar-refractivity contribution < 1.29 is 17.9 Å². The van der Waals surface area contributed by atoms with Crippen molar-refractivity contribution in [3.8, 4) is 0 Å². The third-order valence-corrected chi connectivity index (χ3v) is 3.75. The first-order valence-electron chi connectivity index (χ1n) is 5.47. The Hall–Kier alpha value is -1.41. The van der Waals surface area contributed by atoms with E-state index in [1.54, 1.807) is 25.5 Å². The number of carbonyl (C=O) groups is 1. The minimum Gasteiger partial charge on any atom is -0.465 e. The van der Waals surface area contributed by atoms with Gasteiger partial charge in [-0.25, -0.2) is 13.4 Å². The molecule has 0 aliphatic rings. The van der Waals surface area contributed by atoms with Gasteiger partial charge in [0.2, 0.25) is 0 Å². The van der Waals surface area contributed by atoms with E-state index in [-0.39, 0.29) is 11.6 Å². The van der Waals surface area contributed by atoms with Gasteiger partial charge in [0, 0.05) is 13.2 Å². The summed E-state index contributed by atoms with van der Waals surface area (Å²) >= 11 is 0. The van der Waals surface area contributed by atoms with Gasteiger partial charge < -0.3 is 9.30 Å². The minimum absolute atomic E-state index is 0.112. The van der Waals surface area contributed by atoms with Gasteiger partial charge in [0.15, 0.2) is 5.03 Å². The van der Waals surface area contributed by atoms with E-state index in [4.69, 9.17) is 4.74 Å². The number of nitrogens with zero attached hydrogens (tertiary/aromatic N) is 2. The van der Waals surface area contributed by atoms with Crippen LogP contribution in [0.2, 0.25) is 0 Å². The highest BCUT2D eigenvalue weighted by atomic mass is 32.2. The number of sulfonamides is 1. The lowest BCUT2D eigenvalue weighted by atomic mass is 10.4. The molecule has 0 aromatic carbocycles. The van der Waals surface area contributed by atoms with Crippen LogP contribution in [0.15, 0.2) is 11.2 Å². The Kier molecular flexibility index (Phi) is 4.47.